The lowest BCUT2D eigenvalue weighted by atomic mass is 10.2. The third-order valence-corrected chi connectivity index (χ3v) is 6.01. The number of alkyl halides is 3. The van der Waals surface area contributed by atoms with E-state index in [0.717, 1.165) is 12.3 Å². The van der Waals surface area contributed by atoms with Crippen molar-refractivity contribution in [3.05, 3.63) is 70.1 Å². The molecule has 1 aliphatic rings. The van der Waals surface area contributed by atoms with E-state index in [4.69, 9.17) is 4.74 Å². The highest BCUT2D eigenvalue weighted by molar-refractivity contribution is 7.09. The van der Waals surface area contributed by atoms with Crippen LogP contribution in [-0.2, 0) is 24.0 Å². The number of benzene rings is 1. The van der Waals surface area contributed by atoms with Gasteiger partial charge in [-0.2, -0.15) is 13.2 Å². The molecule has 3 aromatic rings. The second-order valence-corrected chi connectivity index (χ2v) is 8.37. The molecule has 174 valence electrons. The highest BCUT2D eigenvalue weighted by Gasteiger charge is 2.31. The monoisotopic (exact) mass is 480 g/mol. The zero-order chi connectivity index (χ0) is 23.4. The average Bonchev–Trinajstić information content (AvgIpc) is 3.25. The van der Waals surface area contributed by atoms with Crippen molar-refractivity contribution in [1.82, 2.24) is 14.9 Å². The van der Waals surface area contributed by atoms with E-state index < -0.39 is 11.7 Å². The number of amides is 1. The van der Waals surface area contributed by atoms with E-state index in [-0.39, 0.29) is 24.8 Å². The van der Waals surface area contributed by atoms with Gasteiger partial charge in [0.05, 0.1) is 17.7 Å². The number of thiazole rings is 1. The van der Waals surface area contributed by atoms with Crippen molar-refractivity contribution in [2.45, 2.75) is 19.2 Å². The fourth-order valence-corrected chi connectivity index (χ4v) is 4.07. The second kappa shape index (κ2) is 9.74. The first-order valence-electron chi connectivity index (χ1n) is 10.2. The Morgan fingerprint density at radius 3 is 2.42 bits per heavy atom. The van der Waals surface area contributed by atoms with Crippen molar-refractivity contribution in [2.24, 2.45) is 0 Å². The van der Waals surface area contributed by atoms with Crippen molar-refractivity contribution in [3.63, 3.8) is 0 Å². The molecule has 33 heavy (non-hydrogen) atoms. The van der Waals surface area contributed by atoms with Gasteiger partial charge in [0.15, 0.2) is 0 Å². The van der Waals surface area contributed by atoms with E-state index in [2.05, 4.69) is 9.97 Å². The number of carbonyl (C=O) groups is 1. The zero-order valence-corrected chi connectivity index (χ0v) is 18.2. The van der Waals surface area contributed by atoms with Crippen LogP contribution in [0.15, 0.2) is 48.0 Å². The molecule has 0 saturated carbocycles. The summed E-state index contributed by atoms with van der Waals surface area (Å²) in [5.41, 5.74) is -0.139. The van der Waals surface area contributed by atoms with Gasteiger partial charge in [0, 0.05) is 37.8 Å². The van der Waals surface area contributed by atoms with Gasteiger partial charge in [-0.1, -0.05) is 0 Å². The maximum atomic E-state index is 12.9. The molecular weight excluding hydrogens is 460 g/mol. The molecule has 0 radical (unpaired) electrons. The van der Waals surface area contributed by atoms with Crippen LogP contribution < -0.4 is 9.64 Å². The minimum absolute atomic E-state index is 0.0636. The molecule has 1 amide bonds. The molecule has 11 heteroatoms. The number of aromatic nitrogens is 2. The van der Waals surface area contributed by atoms with Crippen LogP contribution in [0.4, 0.5) is 23.4 Å². The number of carbonyl (C=O) groups excluding carboxylic acids is 1. The van der Waals surface area contributed by atoms with Crippen LogP contribution >= 0.6 is 11.3 Å². The van der Waals surface area contributed by atoms with Crippen LogP contribution in [0.1, 0.15) is 16.3 Å². The van der Waals surface area contributed by atoms with E-state index in [1.54, 1.807) is 4.90 Å². The fourth-order valence-electron chi connectivity index (χ4n) is 3.36. The van der Waals surface area contributed by atoms with Crippen molar-refractivity contribution in [1.29, 1.82) is 0 Å². The molecule has 0 spiro atoms. The maximum Gasteiger partial charge on any atom is 0.417 e. The van der Waals surface area contributed by atoms with Crippen LogP contribution in [0.25, 0.3) is 0 Å². The van der Waals surface area contributed by atoms with Crippen molar-refractivity contribution < 1.29 is 27.1 Å². The van der Waals surface area contributed by atoms with Gasteiger partial charge in [-0.3, -0.25) is 4.79 Å². The Labute approximate surface area is 191 Å². The Morgan fingerprint density at radius 1 is 1.06 bits per heavy atom. The van der Waals surface area contributed by atoms with Gasteiger partial charge in [-0.25, -0.2) is 14.4 Å². The van der Waals surface area contributed by atoms with E-state index in [9.17, 15) is 22.4 Å². The third kappa shape index (κ3) is 5.98. The number of rotatable bonds is 6. The molecule has 0 unspecified atom stereocenters. The lowest BCUT2D eigenvalue weighted by Gasteiger charge is -2.35. The molecule has 1 saturated heterocycles. The normalized spacial score (nSPS) is 14.4. The van der Waals surface area contributed by atoms with Crippen LogP contribution in [0.3, 0.4) is 0 Å². The summed E-state index contributed by atoms with van der Waals surface area (Å²) in [6.07, 6.45) is -3.43. The summed E-state index contributed by atoms with van der Waals surface area (Å²) in [5, 5.41) is 2.52. The zero-order valence-electron chi connectivity index (χ0n) is 17.4. The number of piperazine rings is 1. The predicted octanol–water partition coefficient (Wildman–Crippen LogP) is 4.17. The minimum atomic E-state index is -4.42. The maximum absolute atomic E-state index is 12.9. The van der Waals surface area contributed by atoms with Gasteiger partial charge in [-0.05, 0) is 36.4 Å². The van der Waals surface area contributed by atoms with Gasteiger partial charge >= 0.3 is 6.18 Å². The van der Waals surface area contributed by atoms with Crippen LogP contribution in [0, 0.1) is 5.82 Å². The van der Waals surface area contributed by atoms with Gasteiger partial charge in [-0.15, -0.1) is 11.3 Å². The van der Waals surface area contributed by atoms with Crippen molar-refractivity contribution in [3.8, 4) is 5.75 Å². The third-order valence-electron chi connectivity index (χ3n) is 5.14. The Bertz CT molecular complexity index is 1080. The standard InChI is InChI=1S/C22H20F4N4O2S/c23-16-2-4-18(5-3-16)32-13-20-28-17(14-33-20)11-21(31)30-9-7-29(8-10-30)19-6-1-15(12-27-19)22(24,25)26/h1-6,12,14H,7-11,13H2. The Kier molecular flexibility index (Phi) is 6.77. The van der Waals surface area contributed by atoms with Crippen LogP contribution in [-0.4, -0.2) is 47.0 Å². The van der Waals surface area contributed by atoms with Gasteiger partial charge < -0.3 is 14.5 Å². The average molecular weight is 480 g/mol. The molecule has 2 aromatic heterocycles. The molecule has 0 bridgehead atoms. The molecule has 1 aliphatic heterocycles. The summed E-state index contributed by atoms with van der Waals surface area (Å²) >= 11 is 1.38. The summed E-state index contributed by atoms with van der Waals surface area (Å²) in [5.74, 6) is 0.588. The summed E-state index contributed by atoms with van der Waals surface area (Å²) in [4.78, 5) is 24.6. The van der Waals surface area contributed by atoms with Crippen molar-refractivity contribution in [2.75, 3.05) is 31.1 Å². The van der Waals surface area contributed by atoms with Gasteiger partial charge in [0.25, 0.3) is 0 Å². The second-order valence-electron chi connectivity index (χ2n) is 7.42. The minimum Gasteiger partial charge on any atom is -0.486 e. The predicted molar refractivity (Wildman–Crippen MR) is 115 cm³/mol. The topological polar surface area (TPSA) is 58.6 Å². The molecule has 1 fully saturated rings. The smallest absolute Gasteiger partial charge is 0.417 e. The highest BCUT2D eigenvalue weighted by Crippen LogP contribution is 2.29. The molecule has 1 aromatic carbocycles. The van der Waals surface area contributed by atoms with Crippen LogP contribution in [0.5, 0.6) is 5.75 Å². The molecule has 6 nitrogen and oxygen atoms in total. The number of hydrogen-bond donors (Lipinski definition) is 0. The molecule has 0 atom stereocenters. The SMILES string of the molecule is O=C(Cc1csc(COc2ccc(F)cc2)n1)N1CCN(c2ccc(C(F)(F)F)cn2)CC1. The summed E-state index contributed by atoms with van der Waals surface area (Å²) in [6.45, 7) is 2.09. The number of halogens is 4. The largest absolute Gasteiger partial charge is 0.486 e. The Balaban J connectivity index is 1.25. The molecule has 4 rings (SSSR count). The summed E-state index contributed by atoms with van der Waals surface area (Å²) in [6, 6.07) is 8.06. The molecule has 3 heterocycles. The first kappa shape index (κ1) is 23.0. The summed E-state index contributed by atoms with van der Waals surface area (Å²) in [7, 11) is 0. The lowest BCUT2D eigenvalue weighted by molar-refractivity contribution is -0.137. The molecule has 0 N–H and O–H groups in total. The fraction of sp³-hybridized carbons (Fsp3) is 0.318. The lowest BCUT2D eigenvalue weighted by Crippen LogP contribution is -2.49. The van der Waals surface area contributed by atoms with Gasteiger partial charge in [0.2, 0.25) is 5.91 Å². The van der Waals surface area contributed by atoms with Gasteiger partial charge in [0.1, 0.15) is 29.0 Å². The number of anilines is 1. The Hall–Kier alpha value is -3.21. The van der Waals surface area contributed by atoms with E-state index in [1.807, 2.05) is 10.3 Å². The van der Waals surface area contributed by atoms with Crippen LogP contribution in [0.2, 0.25) is 0 Å². The van der Waals surface area contributed by atoms with E-state index >= 15 is 0 Å². The molecule has 0 aliphatic carbocycles. The highest BCUT2D eigenvalue weighted by atomic mass is 32.1. The molecular formula is C22H20F4N4O2S. The summed E-state index contributed by atoms with van der Waals surface area (Å²) < 4.78 is 56.6. The number of ether oxygens (including phenoxy) is 1. The Morgan fingerprint density at radius 2 is 1.79 bits per heavy atom. The number of hydrogen-bond acceptors (Lipinski definition) is 6. The van der Waals surface area contributed by atoms with E-state index in [1.165, 1.54) is 41.7 Å². The quantitative estimate of drug-likeness (QED) is 0.496. The van der Waals surface area contributed by atoms with E-state index in [0.29, 0.717) is 48.4 Å². The first-order chi connectivity index (χ1) is 15.8. The van der Waals surface area contributed by atoms with Crippen molar-refractivity contribution >= 4 is 23.1 Å². The number of nitrogens with zero attached hydrogens (tertiary/aromatic N) is 4. The first-order valence-corrected chi connectivity index (χ1v) is 11.0. The number of pyridine rings is 1.